The molecule has 1 N–H and O–H groups in total. The van der Waals surface area contributed by atoms with E-state index in [9.17, 15) is 5.11 Å². The first-order chi connectivity index (χ1) is 8.41. The van der Waals surface area contributed by atoms with Crippen LogP contribution in [0, 0.1) is 6.92 Å². The zero-order valence-electron chi connectivity index (χ0n) is 10.9. The van der Waals surface area contributed by atoms with E-state index in [1.54, 1.807) is 6.07 Å². The van der Waals surface area contributed by atoms with Crippen molar-refractivity contribution in [2.75, 3.05) is 0 Å². The molecule has 0 bridgehead atoms. The van der Waals surface area contributed by atoms with Gasteiger partial charge in [-0.15, -0.1) is 0 Å². The number of hydrogen-bond acceptors (Lipinski definition) is 1. The molecule has 1 nitrogen and oxygen atoms in total. The summed E-state index contributed by atoms with van der Waals surface area (Å²) in [5.74, 6) is 0.334. The maximum Gasteiger partial charge on any atom is 0.119 e. The summed E-state index contributed by atoms with van der Waals surface area (Å²) in [6, 6.07) is 13.5. The fraction of sp³-hybridized carbons (Fsp3) is 0.250. The highest BCUT2D eigenvalue weighted by Crippen LogP contribution is 2.37. The highest BCUT2D eigenvalue weighted by atomic mass is 35.5. The van der Waals surface area contributed by atoms with Crippen molar-refractivity contribution in [2.24, 2.45) is 0 Å². The summed E-state index contributed by atoms with van der Waals surface area (Å²) in [5, 5.41) is 10.8. The molecule has 0 saturated heterocycles. The number of phenolic OH excluding ortho intramolecular Hbond substituents is 1. The molecule has 0 unspecified atom stereocenters. The molecule has 0 spiro atoms. The second kappa shape index (κ2) is 4.66. The minimum Gasteiger partial charge on any atom is -0.508 e. The van der Waals surface area contributed by atoms with Crippen LogP contribution in [0.5, 0.6) is 5.75 Å². The maximum absolute atomic E-state index is 10.1. The number of rotatable bonds is 2. The quantitative estimate of drug-likeness (QED) is 0.831. The first-order valence-corrected chi connectivity index (χ1v) is 6.35. The molecule has 0 atom stereocenters. The summed E-state index contributed by atoms with van der Waals surface area (Å²) in [6.07, 6.45) is 0. The molecule has 2 aromatic carbocycles. The lowest BCUT2D eigenvalue weighted by Crippen LogP contribution is -2.19. The number of halogens is 1. The number of phenols is 1. The molecule has 0 aliphatic carbocycles. The largest absolute Gasteiger partial charge is 0.508 e. The first kappa shape index (κ1) is 13.0. The SMILES string of the molecule is Cc1ccc(O)c(C(C)(C)c2ccc(Cl)cc2)c1. The van der Waals surface area contributed by atoms with Crippen molar-refractivity contribution in [1.82, 2.24) is 0 Å². The number of hydrogen-bond donors (Lipinski definition) is 1. The molecule has 0 amide bonds. The molecule has 18 heavy (non-hydrogen) atoms. The van der Waals surface area contributed by atoms with Crippen LogP contribution in [0.4, 0.5) is 0 Å². The van der Waals surface area contributed by atoms with Gasteiger partial charge in [0.15, 0.2) is 0 Å². The fourth-order valence-corrected chi connectivity index (χ4v) is 2.30. The Morgan fingerprint density at radius 1 is 1.00 bits per heavy atom. The van der Waals surface area contributed by atoms with E-state index < -0.39 is 0 Å². The molecule has 94 valence electrons. The van der Waals surface area contributed by atoms with Crippen LogP contribution in [0.1, 0.15) is 30.5 Å². The van der Waals surface area contributed by atoms with Gasteiger partial charge in [0.25, 0.3) is 0 Å². The molecule has 0 aliphatic heterocycles. The van der Waals surface area contributed by atoms with Crippen molar-refractivity contribution in [3.8, 4) is 5.75 Å². The summed E-state index contributed by atoms with van der Waals surface area (Å²) in [7, 11) is 0. The fourth-order valence-electron chi connectivity index (χ4n) is 2.17. The molecule has 0 fully saturated rings. The lowest BCUT2D eigenvalue weighted by molar-refractivity contribution is 0.453. The van der Waals surface area contributed by atoms with Gasteiger partial charge in [-0.2, -0.15) is 0 Å². The average molecular weight is 261 g/mol. The minimum atomic E-state index is -0.249. The van der Waals surface area contributed by atoms with E-state index in [0.717, 1.165) is 21.7 Å². The third-order valence-electron chi connectivity index (χ3n) is 3.39. The number of benzene rings is 2. The monoisotopic (exact) mass is 260 g/mol. The van der Waals surface area contributed by atoms with Gasteiger partial charge in [0.05, 0.1) is 0 Å². The topological polar surface area (TPSA) is 20.2 Å². The van der Waals surface area contributed by atoms with Crippen LogP contribution in [-0.4, -0.2) is 5.11 Å². The standard InChI is InChI=1S/C16H17ClO/c1-11-4-9-15(18)14(10-11)16(2,3)12-5-7-13(17)8-6-12/h4-10,18H,1-3H3. The van der Waals surface area contributed by atoms with E-state index in [-0.39, 0.29) is 5.41 Å². The van der Waals surface area contributed by atoms with Crippen LogP contribution >= 0.6 is 11.6 Å². The molecule has 2 heteroatoms. The minimum absolute atomic E-state index is 0.249. The van der Waals surface area contributed by atoms with Gasteiger partial charge in [0, 0.05) is 16.0 Å². The Bertz CT molecular complexity index is 556. The Morgan fingerprint density at radius 3 is 2.22 bits per heavy atom. The zero-order valence-corrected chi connectivity index (χ0v) is 11.6. The molecule has 0 aliphatic rings. The van der Waals surface area contributed by atoms with Crippen LogP contribution in [0.2, 0.25) is 5.02 Å². The van der Waals surface area contributed by atoms with Crippen molar-refractivity contribution in [1.29, 1.82) is 0 Å². The van der Waals surface area contributed by atoms with Crippen LogP contribution in [0.25, 0.3) is 0 Å². The van der Waals surface area contributed by atoms with Crippen molar-refractivity contribution in [3.63, 3.8) is 0 Å². The van der Waals surface area contributed by atoms with Gasteiger partial charge >= 0.3 is 0 Å². The van der Waals surface area contributed by atoms with Gasteiger partial charge in [-0.3, -0.25) is 0 Å². The van der Waals surface area contributed by atoms with Crippen molar-refractivity contribution in [3.05, 3.63) is 64.2 Å². The van der Waals surface area contributed by atoms with Crippen LogP contribution in [0.3, 0.4) is 0 Å². The lowest BCUT2D eigenvalue weighted by atomic mass is 9.77. The highest BCUT2D eigenvalue weighted by molar-refractivity contribution is 6.30. The van der Waals surface area contributed by atoms with E-state index >= 15 is 0 Å². The Hall–Kier alpha value is -1.47. The summed E-state index contributed by atoms with van der Waals surface area (Å²) in [6.45, 7) is 6.23. The maximum atomic E-state index is 10.1. The summed E-state index contributed by atoms with van der Waals surface area (Å²) >= 11 is 5.91. The van der Waals surface area contributed by atoms with Crippen LogP contribution in [0.15, 0.2) is 42.5 Å². The Kier molecular flexibility index (Phi) is 3.36. The molecule has 0 radical (unpaired) electrons. The summed E-state index contributed by atoms with van der Waals surface area (Å²) < 4.78 is 0. The molecule has 0 saturated carbocycles. The molecule has 2 aromatic rings. The number of aryl methyl sites for hydroxylation is 1. The van der Waals surface area contributed by atoms with E-state index in [0.29, 0.717) is 5.75 Å². The molecule has 2 rings (SSSR count). The first-order valence-electron chi connectivity index (χ1n) is 5.97. The van der Waals surface area contributed by atoms with Crippen LogP contribution < -0.4 is 0 Å². The molecule has 0 heterocycles. The number of aromatic hydroxyl groups is 1. The van der Waals surface area contributed by atoms with Crippen molar-refractivity contribution in [2.45, 2.75) is 26.2 Å². The van der Waals surface area contributed by atoms with E-state index in [2.05, 4.69) is 13.8 Å². The van der Waals surface area contributed by atoms with Crippen molar-refractivity contribution >= 4 is 11.6 Å². The lowest BCUT2D eigenvalue weighted by Gasteiger charge is -2.27. The second-order valence-corrected chi connectivity index (χ2v) is 5.59. The molecular weight excluding hydrogens is 244 g/mol. The third kappa shape index (κ3) is 2.37. The average Bonchev–Trinajstić information content (AvgIpc) is 2.32. The summed E-state index contributed by atoms with van der Waals surface area (Å²) in [4.78, 5) is 0. The Labute approximate surface area is 113 Å². The smallest absolute Gasteiger partial charge is 0.119 e. The molecular formula is C16H17ClO. The zero-order chi connectivity index (χ0) is 13.3. The highest BCUT2D eigenvalue weighted by Gasteiger charge is 2.26. The van der Waals surface area contributed by atoms with Gasteiger partial charge in [0.2, 0.25) is 0 Å². The van der Waals surface area contributed by atoms with Gasteiger partial charge in [-0.25, -0.2) is 0 Å². The van der Waals surface area contributed by atoms with Gasteiger partial charge < -0.3 is 5.11 Å². The van der Waals surface area contributed by atoms with E-state index in [1.807, 2.05) is 43.3 Å². The predicted octanol–water partition coefficient (Wildman–Crippen LogP) is 4.68. The van der Waals surface area contributed by atoms with Gasteiger partial charge in [0.1, 0.15) is 5.75 Å². The second-order valence-electron chi connectivity index (χ2n) is 5.15. The van der Waals surface area contributed by atoms with Crippen molar-refractivity contribution < 1.29 is 5.11 Å². The Balaban J connectivity index is 2.53. The Morgan fingerprint density at radius 2 is 1.61 bits per heavy atom. The van der Waals surface area contributed by atoms with Gasteiger partial charge in [-0.05, 0) is 30.7 Å². The summed E-state index contributed by atoms with van der Waals surface area (Å²) in [5.41, 5.74) is 2.96. The van der Waals surface area contributed by atoms with Gasteiger partial charge in [-0.1, -0.05) is 55.3 Å². The van der Waals surface area contributed by atoms with E-state index in [4.69, 9.17) is 11.6 Å². The van der Waals surface area contributed by atoms with E-state index in [1.165, 1.54) is 0 Å². The van der Waals surface area contributed by atoms with Crippen LogP contribution in [-0.2, 0) is 5.41 Å². The third-order valence-corrected chi connectivity index (χ3v) is 3.64. The molecule has 0 aromatic heterocycles. The normalized spacial score (nSPS) is 11.6. The predicted molar refractivity (Wildman–Crippen MR) is 76.4 cm³/mol.